The molecule has 0 aromatic heterocycles. The van der Waals surface area contributed by atoms with Gasteiger partial charge in [0.1, 0.15) is 6.61 Å². The van der Waals surface area contributed by atoms with Gasteiger partial charge in [0.25, 0.3) is 0 Å². The Hall–Kier alpha value is -3.18. The van der Waals surface area contributed by atoms with Gasteiger partial charge in [-0.1, -0.05) is 61.3 Å². The van der Waals surface area contributed by atoms with E-state index in [-0.39, 0.29) is 5.91 Å². The van der Waals surface area contributed by atoms with Crippen LogP contribution in [0, 0.1) is 12.8 Å². The van der Waals surface area contributed by atoms with Gasteiger partial charge in [-0.05, 0) is 54.3 Å². The lowest BCUT2D eigenvalue weighted by atomic mass is 10.1. The number of rotatable bonds is 10. The third-order valence-electron chi connectivity index (χ3n) is 5.03. The number of amides is 1. The molecule has 6 heteroatoms. The molecular weight excluding hydrogens is 436 g/mol. The third kappa shape index (κ3) is 7.43. The molecular formula is C27H31ClN2O3. The van der Waals surface area contributed by atoms with E-state index in [1.165, 1.54) is 5.56 Å². The number of benzene rings is 3. The fraction of sp³-hybridized carbons (Fsp3) is 0.296. The molecule has 0 aliphatic carbocycles. The summed E-state index contributed by atoms with van der Waals surface area (Å²) in [5.41, 5.74) is 4.88. The molecule has 0 atom stereocenters. The van der Waals surface area contributed by atoms with Crippen molar-refractivity contribution < 1.29 is 14.3 Å². The van der Waals surface area contributed by atoms with Gasteiger partial charge in [0.15, 0.2) is 11.5 Å². The van der Waals surface area contributed by atoms with E-state index in [0.717, 1.165) is 22.5 Å². The van der Waals surface area contributed by atoms with Crippen molar-refractivity contribution in [2.45, 2.75) is 40.3 Å². The quantitative estimate of drug-likeness (QED) is 0.343. The highest BCUT2D eigenvalue weighted by atomic mass is 35.5. The molecule has 3 aromatic carbocycles. The van der Waals surface area contributed by atoms with Gasteiger partial charge in [-0.2, -0.15) is 0 Å². The van der Waals surface area contributed by atoms with Gasteiger partial charge in [0.05, 0.1) is 12.1 Å². The topological polar surface area (TPSA) is 59.6 Å². The van der Waals surface area contributed by atoms with Crippen LogP contribution < -0.4 is 20.1 Å². The van der Waals surface area contributed by atoms with Crippen molar-refractivity contribution in [1.82, 2.24) is 0 Å². The van der Waals surface area contributed by atoms with E-state index in [1.807, 2.05) is 62.4 Å². The van der Waals surface area contributed by atoms with Gasteiger partial charge in [-0.3, -0.25) is 4.79 Å². The van der Waals surface area contributed by atoms with E-state index in [4.69, 9.17) is 21.1 Å². The molecule has 3 aromatic rings. The number of carbonyl (C=O) groups is 1. The molecule has 0 bridgehead atoms. The summed E-state index contributed by atoms with van der Waals surface area (Å²) in [6.45, 7) is 7.04. The Morgan fingerprint density at radius 3 is 2.42 bits per heavy atom. The first-order chi connectivity index (χ1) is 15.8. The van der Waals surface area contributed by atoms with E-state index in [2.05, 4.69) is 29.7 Å². The number of anilines is 2. The van der Waals surface area contributed by atoms with Gasteiger partial charge in [-0.15, -0.1) is 0 Å². The lowest BCUT2D eigenvalue weighted by molar-refractivity contribution is -0.116. The van der Waals surface area contributed by atoms with Crippen LogP contribution in [0.15, 0.2) is 60.7 Å². The van der Waals surface area contributed by atoms with Crippen LogP contribution in [0.2, 0.25) is 5.02 Å². The smallest absolute Gasteiger partial charge is 0.224 e. The number of methoxy groups -OCH3 is 1. The number of nitrogens with one attached hydrogen (secondary N) is 2. The average molecular weight is 467 g/mol. The maximum Gasteiger partial charge on any atom is 0.224 e. The van der Waals surface area contributed by atoms with Crippen LogP contribution in [0.3, 0.4) is 0 Å². The van der Waals surface area contributed by atoms with E-state index in [0.29, 0.717) is 42.0 Å². The van der Waals surface area contributed by atoms with Crippen LogP contribution in [0.5, 0.6) is 11.5 Å². The number of carbonyl (C=O) groups excluding carboxylic acids is 1. The second-order valence-electron chi connectivity index (χ2n) is 8.46. The summed E-state index contributed by atoms with van der Waals surface area (Å²) >= 11 is 6.53. The van der Waals surface area contributed by atoms with Crippen molar-refractivity contribution in [2.24, 2.45) is 5.92 Å². The number of ether oxygens (including phenoxy) is 2. The highest BCUT2D eigenvalue weighted by Gasteiger charge is 2.13. The molecule has 0 aliphatic heterocycles. The van der Waals surface area contributed by atoms with Crippen molar-refractivity contribution >= 4 is 28.9 Å². The number of aryl methyl sites for hydroxylation is 1. The maximum atomic E-state index is 12.0. The van der Waals surface area contributed by atoms with Gasteiger partial charge in [0.2, 0.25) is 5.91 Å². The zero-order valence-corrected chi connectivity index (χ0v) is 20.3. The molecule has 0 unspecified atom stereocenters. The normalized spacial score (nSPS) is 10.7. The lowest BCUT2D eigenvalue weighted by Gasteiger charge is -2.15. The van der Waals surface area contributed by atoms with Crippen LogP contribution in [-0.2, 0) is 17.9 Å². The minimum Gasteiger partial charge on any atom is -0.493 e. The van der Waals surface area contributed by atoms with Gasteiger partial charge in [-0.25, -0.2) is 0 Å². The Bertz CT molecular complexity index is 1080. The Balaban J connectivity index is 1.64. The van der Waals surface area contributed by atoms with Crippen molar-refractivity contribution in [1.29, 1.82) is 0 Å². The van der Waals surface area contributed by atoms with Gasteiger partial charge < -0.3 is 20.1 Å². The van der Waals surface area contributed by atoms with Crippen molar-refractivity contribution in [3.63, 3.8) is 0 Å². The Kier molecular flexibility index (Phi) is 8.61. The summed E-state index contributed by atoms with van der Waals surface area (Å²) < 4.78 is 11.5. The van der Waals surface area contributed by atoms with Gasteiger partial charge in [0, 0.05) is 24.3 Å². The molecule has 0 aliphatic rings. The molecule has 0 fully saturated rings. The minimum absolute atomic E-state index is 0.0138. The summed E-state index contributed by atoms with van der Waals surface area (Å²) in [6, 6.07) is 19.6. The summed E-state index contributed by atoms with van der Waals surface area (Å²) in [5, 5.41) is 6.80. The molecule has 174 valence electrons. The van der Waals surface area contributed by atoms with Crippen molar-refractivity contribution in [3.05, 3.63) is 82.4 Å². The van der Waals surface area contributed by atoms with E-state index in [1.54, 1.807) is 7.11 Å². The maximum absolute atomic E-state index is 12.0. The first-order valence-corrected chi connectivity index (χ1v) is 11.4. The van der Waals surface area contributed by atoms with Crippen LogP contribution in [0.1, 0.15) is 37.0 Å². The number of hydrogen-bond acceptors (Lipinski definition) is 4. The SMILES string of the molecule is COc1cc(CNc2cccc(NC(=O)CC(C)C)c2)cc(Cl)c1OCc1ccc(C)cc1. The zero-order valence-electron chi connectivity index (χ0n) is 19.6. The Morgan fingerprint density at radius 2 is 1.73 bits per heavy atom. The van der Waals surface area contributed by atoms with Crippen LogP contribution in [-0.4, -0.2) is 13.0 Å². The first kappa shape index (κ1) is 24.5. The lowest BCUT2D eigenvalue weighted by Crippen LogP contribution is -2.13. The van der Waals surface area contributed by atoms with E-state index in [9.17, 15) is 4.79 Å². The Morgan fingerprint density at radius 1 is 1.00 bits per heavy atom. The second-order valence-corrected chi connectivity index (χ2v) is 8.87. The second kappa shape index (κ2) is 11.6. The predicted octanol–water partition coefficient (Wildman–Crippen LogP) is 6.83. The summed E-state index contributed by atoms with van der Waals surface area (Å²) in [7, 11) is 1.60. The number of hydrogen-bond donors (Lipinski definition) is 2. The standard InChI is InChI=1S/C27H31ClN2O3/c1-18(2)12-26(31)30-23-7-5-6-22(15-23)29-16-21-13-24(28)27(25(14-21)32-4)33-17-20-10-8-19(3)9-11-20/h5-11,13-15,18,29H,12,16-17H2,1-4H3,(H,30,31). The highest BCUT2D eigenvalue weighted by molar-refractivity contribution is 6.32. The largest absolute Gasteiger partial charge is 0.493 e. The first-order valence-electron chi connectivity index (χ1n) is 11.0. The van der Waals surface area contributed by atoms with Crippen LogP contribution in [0.25, 0.3) is 0 Å². The number of halogens is 1. The fourth-order valence-electron chi connectivity index (χ4n) is 3.35. The molecule has 0 heterocycles. The van der Waals surface area contributed by atoms with Crippen LogP contribution in [0.4, 0.5) is 11.4 Å². The summed E-state index contributed by atoms with van der Waals surface area (Å²) in [6.07, 6.45) is 0.494. The summed E-state index contributed by atoms with van der Waals surface area (Å²) in [4.78, 5) is 12.0. The molecule has 0 spiro atoms. The molecule has 1 amide bonds. The van der Waals surface area contributed by atoms with Crippen LogP contribution >= 0.6 is 11.6 Å². The molecule has 33 heavy (non-hydrogen) atoms. The minimum atomic E-state index is 0.0138. The molecule has 0 saturated carbocycles. The monoisotopic (exact) mass is 466 g/mol. The van der Waals surface area contributed by atoms with Crippen molar-refractivity contribution in [3.8, 4) is 11.5 Å². The predicted molar refractivity (Wildman–Crippen MR) is 135 cm³/mol. The molecule has 0 radical (unpaired) electrons. The van der Waals surface area contributed by atoms with Gasteiger partial charge >= 0.3 is 0 Å². The third-order valence-corrected chi connectivity index (χ3v) is 5.31. The molecule has 3 rings (SSSR count). The van der Waals surface area contributed by atoms with E-state index < -0.39 is 0 Å². The zero-order chi connectivity index (χ0) is 23.8. The summed E-state index contributed by atoms with van der Waals surface area (Å²) in [5.74, 6) is 1.44. The average Bonchev–Trinajstić information content (AvgIpc) is 2.77. The molecule has 0 saturated heterocycles. The van der Waals surface area contributed by atoms with E-state index >= 15 is 0 Å². The Labute approximate surface area is 201 Å². The molecule has 5 nitrogen and oxygen atoms in total. The van der Waals surface area contributed by atoms with Crippen molar-refractivity contribution in [2.75, 3.05) is 17.7 Å². The fourth-order valence-corrected chi connectivity index (χ4v) is 3.64. The highest BCUT2D eigenvalue weighted by Crippen LogP contribution is 2.37. The molecule has 2 N–H and O–H groups in total.